The summed E-state index contributed by atoms with van der Waals surface area (Å²) >= 11 is 0. The minimum atomic E-state index is -0.704. The Hall–Kier alpha value is -5.89. The summed E-state index contributed by atoms with van der Waals surface area (Å²) in [6, 6.07) is 41.4. The Kier molecular flexibility index (Phi) is 12.9. The van der Waals surface area contributed by atoms with Crippen LogP contribution in [-0.4, -0.2) is 17.9 Å². The molecule has 0 amide bonds. The molecule has 0 aliphatic heterocycles. The van der Waals surface area contributed by atoms with E-state index in [1.165, 1.54) is 0 Å². The summed E-state index contributed by atoms with van der Waals surface area (Å²) in [5.41, 5.74) is 6.01. The average molecular weight is 749 g/mol. The average Bonchev–Trinajstić information content (AvgIpc) is 3.17. The van der Waals surface area contributed by atoms with Gasteiger partial charge in [-0.05, 0) is 139 Å². The van der Waals surface area contributed by atoms with E-state index in [0.717, 1.165) is 33.4 Å². The highest BCUT2D eigenvalue weighted by Crippen LogP contribution is 2.40. The lowest BCUT2D eigenvalue weighted by Gasteiger charge is -2.28. The molecule has 0 bridgehead atoms. The Morgan fingerprint density at radius 2 is 0.661 bits per heavy atom. The normalized spacial score (nSPS) is 12.3. The van der Waals surface area contributed by atoms with Crippen molar-refractivity contribution in [3.05, 3.63) is 167 Å². The highest BCUT2D eigenvalue weighted by atomic mass is 16.5. The first-order valence-corrected chi connectivity index (χ1v) is 19.2. The SMILES string of the molecule is Cc1ccc(Oc2ccc(C(NC(C)C)C(=O)C(NC(C)C)c3ccc(Oc4ccc(C)cc4)c(Oc4ccc(C)cc4)c3)cc2Oc2ccc(C)cc2)cc1. The molecule has 7 nitrogen and oxygen atoms in total. The van der Waals surface area contributed by atoms with Crippen LogP contribution in [0.15, 0.2) is 133 Å². The minimum Gasteiger partial charge on any atom is -0.453 e. The first-order chi connectivity index (χ1) is 26.9. The smallest absolute Gasteiger partial charge is 0.175 e. The van der Waals surface area contributed by atoms with Gasteiger partial charge >= 0.3 is 0 Å². The molecular weight excluding hydrogens is 697 g/mol. The van der Waals surface area contributed by atoms with Gasteiger partial charge in [0.15, 0.2) is 28.8 Å². The van der Waals surface area contributed by atoms with Crippen molar-refractivity contribution in [3.63, 3.8) is 0 Å². The standard InChI is InChI=1S/C49H52N2O5/c1-31(2)50-47(37-17-27-43(53-39-19-9-33(5)10-20-39)45(29-37)55-41-23-13-35(7)14-24-41)49(52)48(51-32(3)4)38-18-28-44(54-40-21-11-34(6)12-22-40)46(30-38)56-42-25-15-36(8)16-26-42/h9-32,47-48,50-51H,1-8H3. The zero-order valence-corrected chi connectivity index (χ0v) is 33.6. The van der Waals surface area contributed by atoms with Gasteiger partial charge in [0, 0.05) is 12.1 Å². The first-order valence-electron chi connectivity index (χ1n) is 19.2. The van der Waals surface area contributed by atoms with Crippen LogP contribution in [0.3, 0.4) is 0 Å². The van der Waals surface area contributed by atoms with E-state index in [1.807, 2.05) is 189 Å². The summed E-state index contributed by atoms with van der Waals surface area (Å²) in [6.07, 6.45) is 0. The second-order valence-corrected chi connectivity index (χ2v) is 15.0. The van der Waals surface area contributed by atoms with Gasteiger partial charge in [-0.3, -0.25) is 4.79 Å². The third-order valence-corrected chi connectivity index (χ3v) is 9.17. The Morgan fingerprint density at radius 3 is 0.929 bits per heavy atom. The van der Waals surface area contributed by atoms with Crippen LogP contribution in [0.1, 0.15) is 73.2 Å². The molecule has 0 aliphatic carbocycles. The van der Waals surface area contributed by atoms with Gasteiger partial charge in [0.2, 0.25) is 0 Å². The van der Waals surface area contributed by atoms with Crippen molar-refractivity contribution < 1.29 is 23.7 Å². The molecule has 0 saturated carbocycles. The van der Waals surface area contributed by atoms with E-state index >= 15 is 4.79 Å². The summed E-state index contributed by atoms with van der Waals surface area (Å²) in [6.45, 7) is 16.3. The molecule has 7 heteroatoms. The van der Waals surface area contributed by atoms with Gasteiger partial charge in [0.1, 0.15) is 23.0 Å². The van der Waals surface area contributed by atoms with Crippen LogP contribution in [0.5, 0.6) is 46.0 Å². The molecule has 0 heterocycles. The van der Waals surface area contributed by atoms with E-state index in [2.05, 4.69) is 10.6 Å². The molecule has 0 aromatic heterocycles. The third-order valence-electron chi connectivity index (χ3n) is 9.17. The van der Waals surface area contributed by atoms with Crippen LogP contribution >= 0.6 is 0 Å². The third kappa shape index (κ3) is 10.7. The number of carbonyl (C=O) groups excluding carboxylic acids is 1. The molecule has 2 N–H and O–H groups in total. The van der Waals surface area contributed by atoms with Gasteiger partial charge in [-0.15, -0.1) is 0 Å². The Labute approximate surface area is 331 Å². The van der Waals surface area contributed by atoms with Crippen LogP contribution in [-0.2, 0) is 4.79 Å². The molecule has 288 valence electrons. The lowest BCUT2D eigenvalue weighted by Crippen LogP contribution is -2.42. The monoisotopic (exact) mass is 748 g/mol. The van der Waals surface area contributed by atoms with Crippen molar-refractivity contribution in [2.75, 3.05) is 0 Å². The Morgan fingerprint density at radius 1 is 0.393 bits per heavy atom. The number of ether oxygens (including phenoxy) is 4. The van der Waals surface area contributed by atoms with Gasteiger partial charge in [-0.1, -0.05) is 82.9 Å². The summed E-state index contributed by atoms with van der Waals surface area (Å²) in [7, 11) is 0. The Bertz CT molecular complexity index is 2050. The molecule has 6 rings (SSSR count). The number of hydrogen-bond donors (Lipinski definition) is 2. The predicted molar refractivity (Wildman–Crippen MR) is 225 cm³/mol. The molecule has 0 fully saturated rings. The van der Waals surface area contributed by atoms with Crippen LogP contribution in [0, 0.1) is 27.7 Å². The summed E-state index contributed by atoms with van der Waals surface area (Å²) < 4.78 is 25.7. The molecule has 0 aliphatic rings. The van der Waals surface area contributed by atoms with E-state index in [0.29, 0.717) is 46.0 Å². The number of benzene rings is 6. The molecule has 6 aromatic carbocycles. The largest absolute Gasteiger partial charge is 0.453 e. The first kappa shape index (κ1) is 39.8. The van der Waals surface area contributed by atoms with Crippen molar-refractivity contribution in [2.45, 2.75) is 79.6 Å². The van der Waals surface area contributed by atoms with Gasteiger partial charge < -0.3 is 29.6 Å². The zero-order chi connectivity index (χ0) is 39.8. The summed E-state index contributed by atoms with van der Waals surface area (Å²) in [4.78, 5) is 15.1. The van der Waals surface area contributed by atoms with Crippen LogP contribution < -0.4 is 29.6 Å². The van der Waals surface area contributed by atoms with E-state index in [1.54, 1.807) is 0 Å². The maximum atomic E-state index is 15.1. The predicted octanol–water partition coefficient (Wildman–Crippen LogP) is 12.4. The number of Topliss-reactive ketones (excluding diaryl/α,β-unsaturated/α-hetero) is 1. The van der Waals surface area contributed by atoms with Gasteiger partial charge in [-0.25, -0.2) is 0 Å². The summed E-state index contributed by atoms with van der Waals surface area (Å²) in [5, 5.41) is 7.12. The number of nitrogens with one attached hydrogen (secondary N) is 2. The fourth-order valence-corrected chi connectivity index (χ4v) is 6.19. The molecule has 6 aromatic rings. The van der Waals surface area contributed by atoms with Crippen molar-refractivity contribution in [1.82, 2.24) is 10.6 Å². The van der Waals surface area contributed by atoms with Crippen LogP contribution in [0.2, 0.25) is 0 Å². The fourth-order valence-electron chi connectivity index (χ4n) is 6.19. The number of hydrogen-bond acceptors (Lipinski definition) is 7. The fraction of sp³-hybridized carbons (Fsp3) is 0.245. The van der Waals surface area contributed by atoms with E-state index in [-0.39, 0.29) is 17.9 Å². The molecule has 2 atom stereocenters. The van der Waals surface area contributed by atoms with Crippen LogP contribution in [0.4, 0.5) is 0 Å². The van der Waals surface area contributed by atoms with Gasteiger partial charge in [0.05, 0.1) is 12.1 Å². The number of ketones is 1. The van der Waals surface area contributed by atoms with Crippen molar-refractivity contribution in [2.24, 2.45) is 0 Å². The van der Waals surface area contributed by atoms with Gasteiger partial charge in [-0.2, -0.15) is 0 Å². The minimum absolute atomic E-state index is 0.0145. The second-order valence-electron chi connectivity index (χ2n) is 15.0. The topological polar surface area (TPSA) is 78.1 Å². The molecule has 0 radical (unpaired) electrons. The quantitative estimate of drug-likeness (QED) is 0.102. The number of carbonyl (C=O) groups is 1. The molecule has 56 heavy (non-hydrogen) atoms. The molecular formula is C49H52N2O5. The second kappa shape index (κ2) is 18.2. The number of rotatable bonds is 16. The van der Waals surface area contributed by atoms with E-state index < -0.39 is 12.1 Å². The summed E-state index contributed by atoms with van der Waals surface area (Å²) in [5.74, 6) is 4.69. The maximum Gasteiger partial charge on any atom is 0.175 e. The molecule has 0 saturated heterocycles. The van der Waals surface area contributed by atoms with Crippen molar-refractivity contribution >= 4 is 5.78 Å². The maximum absolute atomic E-state index is 15.1. The van der Waals surface area contributed by atoms with Crippen molar-refractivity contribution in [1.29, 1.82) is 0 Å². The van der Waals surface area contributed by atoms with E-state index in [9.17, 15) is 0 Å². The van der Waals surface area contributed by atoms with Gasteiger partial charge in [0.25, 0.3) is 0 Å². The zero-order valence-electron chi connectivity index (χ0n) is 33.6. The van der Waals surface area contributed by atoms with Crippen LogP contribution in [0.25, 0.3) is 0 Å². The van der Waals surface area contributed by atoms with E-state index in [4.69, 9.17) is 18.9 Å². The molecule has 0 spiro atoms. The molecule has 2 unspecified atom stereocenters. The lowest BCUT2D eigenvalue weighted by atomic mass is 9.91. The lowest BCUT2D eigenvalue weighted by molar-refractivity contribution is -0.123. The number of aryl methyl sites for hydroxylation is 4. The highest BCUT2D eigenvalue weighted by Gasteiger charge is 2.32. The highest BCUT2D eigenvalue weighted by molar-refractivity contribution is 5.91. The Balaban J connectivity index is 1.40. The van der Waals surface area contributed by atoms with Crippen molar-refractivity contribution in [3.8, 4) is 46.0 Å².